The van der Waals surface area contributed by atoms with Gasteiger partial charge in [-0.05, 0) is 24.3 Å². The fourth-order valence-corrected chi connectivity index (χ4v) is 1.80. The van der Waals surface area contributed by atoms with E-state index >= 15 is 0 Å². The molecule has 0 saturated heterocycles. The first-order valence-electron chi connectivity index (χ1n) is 6.39. The van der Waals surface area contributed by atoms with Gasteiger partial charge in [0, 0.05) is 12.3 Å². The minimum atomic E-state index is -4.55. The second-order valence-corrected chi connectivity index (χ2v) is 4.52. The number of anilines is 1. The first-order valence-corrected chi connectivity index (χ1v) is 6.39. The monoisotopic (exact) mass is 341 g/mol. The topological polar surface area (TPSA) is 94.4 Å². The van der Waals surface area contributed by atoms with E-state index in [1.54, 1.807) is 0 Å². The third-order valence-corrected chi connectivity index (χ3v) is 2.98. The van der Waals surface area contributed by atoms with Crippen molar-refractivity contribution in [2.24, 2.45) is 0 Å². The molecule has 126 valence electrons. The third kappa shape index (κ3) is 3.77. The Hall–Kier alpha value is -3.17. The Labute approximate surface area is 133 Å². The summed E-state index contributed by atoms with van der Waals surface area (Å²) in [7, 11) is 1.32. The minimum absolute atomic E-state index is 0.176. The summed E-state index contributed by atoms with van der Waals surface area (Å²) in [5.74, 6) is -0.857. The molecule has 2 rings (SSSR count). The van der Waals surface area contributed by atoms with Gasteiger partial charge >= 0.3 is 6.18 Å². The number of nitrogens with zero attached hydrogens (tertiary/aromatic N) is 2. The lowest BCUT2D eigenvalue weighted by atomic mass is 10.1. The number of hydrogen-bond donors (Lipinski definition) is 1. The number of alkyl halides is 3. The molecular formula is C14H10F3N3O4. The molecule has 1 aromatic carbocycles. The van der Waals surface area contributed by atoms with Gasteiger partial charge in [0.15, 0.2) is 0 Å². The molecule has 24 heavy (non-hydrogen) atoms. The number of nitro groups is 1. The van der Waals surface area contributed by atoms with Crippen LogP contribution in [0.2, 0.25) is 0 Å². The van der Waals surface area contributed by atoms with Crippen LogP contribution in [0.5, 0.6) is 5.75 Å². The summed E-state index contributed by atoms with van der Waals surface area (Å²) in [4.78, 5) is 25.9. The SMILES string of the molecule is COc1ccc([N+](=O)[O-])c(C(=O)Nc2ccc(C(F)(F)F)cn2)c1. The van der Waals surface area contributed by atoms with Crippen LogP contribution >= 0.6 is 0 Å². The summed E-state index contributed by atoms with van der Waals surface area (Å²) in [6.45, 7) is 0. The molecule has 0 radical (unpaired) electrons. The highest BCUT2D eigenvalue weighted by Crippen LogP contribution is 2.29. The number of carbonyl (C=O) groups excluding carboxylic acids is 1. The van der Waals surface area contributed by atoms with Crippen molar-refractivity contribution in [2.45, 2.75) is 6.18 Å². The maximum Gasteiger partial charge on any atom is 0.417 e. The molecular weight excluding hydrogens is 331 g/mol. The van der Waals surface area contributed by atoms with Crippen LogP contribution in [0.4, 0.5) is 24.7 Å². The van der Waals surface area contributed by atoms with Crippen LogP contribution in [0.25, 0.3) is 0 Å². The van der Waals surface area contributed by atoms with Crippen LogP contribution < -0.4 is 10.1 Å². The number of halogens is 3. The van der Waals surface area contributed by atoms with Gasteiger partial charge in [0.2, 0.25) is 0 Å². The van der Waals surface area contributed by atoms with Crippen LogP contribution in [-0.2, 0) is 6.18 Å². The average Bonchev–Trinajstić information content (AvgIpc) is 2.53. The molecule has 0 aliphatic carbocycles. The Kier molecular flexibility index (Phi) is 4.67. The zero-order valence-corrected chi connectivity index (χ0v) is 12.1. The fraction of sp³-hybridized carbons (Fsp3) is 0.143. The molecule has 0 aliphatic rings. The van der Waals surface area contributed by atoms with Crippen molar-refractivity contribution in [3.8, 4) is 5.75 Å². The normalized spacial score (nSPS) is 11.0. The smallest absolute Gasteiger partial charge is 0.417 e. The predicted octanol–water partition coefficient (Wildman–Crippen LogP) is 3.27. The first kappa shape index (κ1) is 17.2. The highest BCUT2D eigenvalue weighted by atomic mass is 19.4. The number of methoxy groups -OCH3 is 1. The Bertz CT molecular complexity index is 776. The summed E-state index contributed by atoms with van der Waals surface area (Å²) in [6.07, 6.45) is -4.00. The van der Waals surface area contributed by atoms with E-state index in [9.17, 15) is 28.1 Å². The number of amides is 1. The lowest BCUT2D eigenvalue weighted by Crippen LogP contribution is -2.15. The molecule has 0 saturated carbocycles. The number of carbonyl (C=O) groups is 1. The standard InChI is InChI=1S/C14H10F3N3O4/c1-24-9-3-4-11(20(22)23)10(6-9)13(21)19-12-5-2-8(7-18-12)14(15,16)17/h2-7H,1H3,(H,18,19,21). The van der Waals surface area contributed by atoms with Gasteiger partial charge in [-0.25, -0.2) is 4.98 Å². The Morgan fingerprint density at radius 3 is 2.50 bits per heavy atom. The number of ether oxygens (including phenoxy) is 1. The molecule has 0 bridgehead atoms. The van der Waals surface area contributed by atoms with Crippen LogP contribution in [0.1, 0.15) is 15.9 Å². The zero-order chi connectivity index (χ0) is 17.9. The van der Waals surface area contributed by atoms with Crippen molar-refractivity contribution >= 4 is 17.4 Å². The second kappa shape index (κ2) is 6.52. The van der Waals surface area contributed by atoms with Gasteiger partial charge in [0.1, 0.15) is 17.1 Å². The first-order chi connectivity index (χ1) is 11.2. The summed E-state index contributed by atoms with van der Waals surface area (Å²) >= 11 is 0. The Morgan fingerprint density at radius 1 is 1.29 bits per heavy atom. The van der Waals surface area contributed by atoms with E-state index in [4.69, 9.17) is 4.74 Å². The molecule has 0 aliphatic heterocycles. The van der Waals surface area contributed by atoms with Gasteiger partial charge in [-0.3, -0.25) is 14.9 Å². The van der Waals surface area contributed by atoms with Crippen LogP contribution in [0.3, 0.4) is 0 Å². The van der Waals surface area contributed by atoms with E-state index in [1.165, 1.54) is 13.2 Å². The molecule has 0 fully saturated rings. The molecule has 1 aromatic heterocycles. The van der Waals surface area contributed by atoms with Gasteiger partial charge in [0.05, 0.1) is 17.6 Å². The van der Waals surface area contributed by atoms with E-state index in [1.807, 2.05) is 0 Å². The summed E-state index contributed by atoms with van der Waals surface area (Å²) < 4.78 is 42.3. The molecule has 1 N–H and O–H groups in total. The number of rotatable bonds is 4. The van der Waals surface area contributed by atoms with Crippen molar-refractivity contribution in [3.05, 3.63) is 57.8 Å². The van der Waals surface area contributed by atoms with Crippen molar-refractivity contribution in [1.82, 2.24) is 4.98 Å². The number of nitro benzene ring substituents is 1. The van der Waals surface area contributed by atoms with Crippen LogP contribution in [-0.4, -0.2) is 22.9 Å². The van der Waals surface area contributed by atoms with Crippen molar-refractivity contribution in [1.29, 1.82) is 0 Å². The highest BCUT2D eigenvalue weighted by Gasteiger charge is 2.30. The fourth-order valence-electron chi connectivity index (χ4n) is 1.80. The number of pyridine rings is 1. The number of benzene rings is 1. The molecule has 10 heteroatoms. The molecule has 7 nitrogen and oxygen atoms in total. The highest BCUT2D eigenvalue weighted by molar-refractivity contribution is 6.06. The van der Waals surface area contributed by atoms with E-state index in [-0.39, 0.29) is 17.1 Å². The molecule has 2 aromatic rings. The number of nitrogens with one attached hydrogen (secondary N) is 1. The Morgan fingerprint density at radius 2 is 2.00 bits per heavy atom. The minimum Gasteiger partial charge on any atom is -0.497 e. The van der Waals surface area contributed by atoms with Crippen LogP contribution in [0, 0.1) is 10.1 Å². The average molecular weight is 341 g/mol. The van der Waals surface area contributed by atoms with E-state index < -0.39 is 28.3 Å². The molecule has 0 unspecified atom stereocenters. The van der Waals surface area contributed by atoms with Gasteiger partial charge in [-0.2, -0.15) is 13.2 Å². The molecule has 1 heterocycles. The quantitative estimate of drug-likeness (QED) is 0.680. The summed E-state index contributed by atoms with van der Waals surface area (Å²) in [5.41, 5.74) is -1.76. The van der Waals surface area contributed by atoms with Crippen molar-refractivity contribution in [3.63, 3.8) is 0 Å². The van der Waals surface area contributed by atoms with Crippen molar-refractivity contribution in [2.75, 3.05) is 12.4 Å². The lowest BCUT2D eigenvalue weighted by Gasteiger charge is -2.09. The lowest BCUT2D eigenvalue weighted by molar-refractivity contribution is -0.385. The second-order valence-electron chi connectivity index (χ2n) is 4.52. The number of aromatic nitrogens is 1. The summed E-state index contributed by atoms with van der Waals surface area (Å²) in [6, 6.07) is 5.24. The maximum absolute atomic E-state index is 12.5. The zero-order valence-electron chi connectivity index (χ0n) is 12.1. The van der Waals surface area contributed by atoms with Gasteiger partial charge < -0.3 is 10.1 Å². The van der Waals surface area contributed by atoms with Gasteiger partial charge in [-0.15, -0.1) is 0 Å². The predicted molar refractivity (Wildman–Crippen MR) is 76.8 cm³/mol. The largest absolute Gasteiger partial charge is 0.497 e. The van der Waals surface area contributed by atoms with Gasteiger partial charge in [-0.1, -0.05) is 0 Å². The maximum atomic E-state index is 12.5. The van der Waals surface area contributed by atoms with E-state index in [2.05, 4.69) is 10.3 Å². The van der Waals surface area contributed by atoms with Gasteiger partial charge in [0.25, 0.3) is 11.6 Å². The molecule has 0 spiro atoms. The Balaban J connectivity index is 2.28. The molecule has 0 atom stereocenters. The van der Waals surface area contributed by atoms with Crippen molar-refractivity contribution < 1.29 is 27.6 Å². The van der Waals surface area contributed by atoms with E-state index in [0.29, 0.717) is 6.20 Å². The third-order valence-electron chi connectivity index (χ3n) is 2.98. The van der Waals surface area contributed by atoms with E-state index in [0.717, 1.165) is 24.3 Å². The molecule has 1 amide bonds. The van der Waals surface area contributed by atoms with Crippen LogP contribution in [0.15, 0.2) is 36.5 Å². The number of hydrogen-bond acceptors (Lipinski definition) is 5. The summed E-state index contributed by atoms with van der Waals surface area (Å²) in [5, 5.41) is 13.2.